The molecule has 1 heterocycles. The Bertz CT molecular complexity index is 1200. The minimum absolute atomic E-state index is 0.334. The van der Waals surface area contributed by atoms with Gasteiger partial charge in [-0.3, -0.25) is 0 Å². The van der Waals surface area contributed by atoms with Gasteiger partial charge < -0.3 is 4.74 Å². The molecule has 0 atom stereocenters. The van der Waals surface area contributed by atoms with Crippen molar-refractivity contribution in [1.29, 1.82) is 0 Å². The van der Waals surface area contributed by atoms with E-state index in [0.29, 0.717) is 5.56 Å². The predicted octanol–water partition coefficient (Wildman–Crippen LogP) is 5.26. The van der Waals surface area contributed by atoms with Crippen LogP contribution in [0.2, 0.25) is 0 Å². The van der Waals surface area contributed by atoms with Gasteiger partial charge in [0.1, 0.15) is 0 Å². The topological polar surface area (TPSA) is 39.2 Å². The fourth-order valence-corrected chi connectivity index (χ4v) is 3.97. The molecule has 0 saturated heterocycles. The zero-order chi connectivity index (χ0) is 18.4. The van der Waals surface area contributed by atoms with Crippen LogP contribution < -0.4 is 0 Å². The molecule has 1 aromatic heterocycles. The molecule has 0 amide bonds. The van der Waals surface area contributed by atoms with Gasteiger partial charge in [0.15, 0.2) is 0 Å². The van der Waals surface area contributed by atoms with Crippen LogP contribution in [0.15, 0.2) is 72.8 Å². The average Bonchev–Trinajstić information content (AvgIpc) is 3.09. The maximum atomic E-state index is 12.1. The highest BCUT2D eigenvalue weighted by atomic mass is 16.5. The predicted molar refractivity (Wildman–Crippen MR) is 107 cm³/mol. The van der Waals surface area contributed by atoms with E-state index in [4.69, 9.17) is 9.72 Å². The van der Waals surface area contributed by atoms with E-state index >= 15 is 0 Å². The van der Waals surface area contributed by atoms with E-state index in [1.807, 2.05) is 30.3 Å². The summed E-state index contributed by atoms with van der Waals surface area (Å²) in [5.41, 5.74) is 8.47. The first-order valence-electron chi connectivity index (χ1n) is 8.95. The summed E-state index contributed by atoms with van der Waals surface area (Å²) in [4.78, 5) is 17.0. The van der Waals surface area contributed by atoms with Crippen LogP contribution in [0.5, 0.6) is 0 Å². The van der Waals surface area contributed by atoms with Crippen LogP contribution in [0.1, 0.15) is 21.5 Å². The van der Waals surface area contributed by atoms with Crippen LogP contribution in [0.4, 0.5) is 0 Å². The average molecular weight is 351 g/mol. The first-order chi connectivity index (χ1) is 13.3. The van der Waals surface area contributed by atoms with Gasteiger partial charge in [-0.2, -0.15) is 0 Å². The summed E-state index contributed by atoms with van der Waals surface area (Å²) in [7, 11) is 1.40. The van der Waals surface area contributed by atoms with Crippen molar-refractivity contribution in [3.8, 4) is 22.4 Å². The molecule has 0 aliphatic heterocycles. The van der Waals surface area contributed by atoms with E-state index in [9.17, 15) is 4.79 Å². The van der Waals surface area contributed by atoms with Gasteiger partial charge in [0, 0.05) is 17.4 Å². The first-order valence-corrected chi connectivity index (χ1v) is 8.95. The molecule has 0 saturated carbocycles. The molecule has 1 aliphatic carbocycles. The second-order valence-electron chi connectivity index (χ2n) is 6.74. The smallest absolute Gasteiger partial charge is 0.337 e. The minimum Gasteiger partial charge on any atom is -0.465 e. The number of methoxy groups -OCH3 is 1. The summed E-state index contributed by atoms with van der Waals surface area (Å²) in [6, 6.07) is 24.4. The van der Waals surface area contributed by atoms with Gasteiger partial charge in [0.2, 0.25) is 0 Å². The molecule has 5 rings (SSSR count). The summed E-state index contributed by atoms with van der Waals surface area (Å²) in [5.74, 6) is -0.334. The van der Waals surface area contributed by atoms with E-state index in [1.165, 1.54) is 23.8 Å². The number of nitrogens with zero attached hydrogens (tertiary/aromatic N) is 1. The maximum Gasteiger partial charge on any atom is 0.337 e. The zero-order valence-corrected chi connectivity index (χ0v) is 14.9. The Morgan fingerprint density at radius 2 is 1.74 bits per heavy atom. The lowest BCUT2D eigenvalue weighted by molar-refractivity contribution is 0.0601. The molecule has 27 heavy (non-hydrogen) atoms. The lowest BCUT2D eigenvalue weighted by Crippen LogP contribution is -2.02. The third-order valence-electron chi connectivity index (χ3n) is 5.21. The Morgan fingerprint density at radius 3 is 2.56 bits per heavy atom. The van der Waals surface area contributed by atoms with Gasteiger partial charge in [0.05, 0.1) is 23.9 Å². The number of carbonyl (C=O) groups excluding carboxylic acids is 1. The molecule has 0 N–H and O–H groups in total. The largest absolute Gasteiger partial charge is 0.465 e. The second kappa shape index (κ2) is 6.06. The highest BCUT2D eigenvalue weighted by Gasteiger charge is 2.25. The fourth-order valence-electron chi connectivity index (χ4n) is 3.97. The molecule has 0 fully saturated rings. The standard InChI is InChI=1S/C24H17NO2/c1-27-24(26)17-11-12-21-19(14-17)22(15-7-3-2-4-8-15)20-13-16-9-5-6-10-18(16)23(20)25-21/h2-12,14H,13H2,1H3. The minimum atomic E-state index is -0.334. The summed E-state index contributed by atoms with van der Waals surface area (Å²) < 4.78 is 4.91. The van der Waals surface area contributed by atoms with Crippen LogP contribution in [0.3, 0.4) is 0 Å². The molecular formula is C24H17NO2. The van der Waals surface area contributed by atoms with Crippen molar-refractivity contribution in [2.24, 2.45) is 0 Å². The molecule has 3 heteroatoms. The number of ether oxygens (including phenoxy) is 1. The molecule has 0 bridgehead atoms. The molecule has 0 radical (unpaired) electrons. The number of rotatable bonds is 2. The van der Waals surface area contributed by atoms with Crippen molar-refractivity contribution in [2.75, 3.05) is 7.11 Å². The van der Waals surface area contributed by atoms with Gasteiger partial charge in [-0.05, 0) is 40.5 Å². The fraction of sp³-hybridized carbons (Fsp3) is 0.0833. The number of benzene rings is 3. The van der Waals surface area contributed by atoms with Gasteiger partial charge in [-0.25, -0.2) is 9.78 Å². The third-order valence-corrected chi connectivity index (χ3v) is 5.21. The number of carbonyl (C=O) groups is 1. The number of esters is 1. The Labute approximate surface area is 157 Å². The number of fused-ring (bicyclic) bond motifs is 4. The molecule has 0 unspecified atom stereocenters. The summed E-state index contributed by atoms with van der Waals surface area (Å²) >= 11 is 0. The number of hydrogen-bond acceptors (Lipinski definition) is 3. The summed E-state index contributed by atoms with van der Waals surface area (Å²) in [6.07, 6.45) is 0.848. The second-order valence-corrected chi connectivity index (χ2v) is 6.74. The van der Waals surface area contributed by atoms with Crippen LogP contribution in [0, 0.1) is 0 Å². The molecule has 1 aliphatic rings. The number of hydrogen-bond donors (Lipinski definition) is 0. The van der Waals surface area contributed by atoms with E-state index in [0.717, 1.165) is 34.1 Å². The van der Waals surface area contributed by atoms with E-state index in [1.54, 1.807) is 6.07 Å². The third kappa shape index (κ3) is 2.43. The monoisotopic (exact) mass is 351 g/mol. The molecular weight excluding hydrogens is 334 g/mol. The number of aromatic nitrogens is 1. The lowest BCUT2D eigenvalue weighted by Gasteiger charge is -2.14. The zero-order valence-electron chi connectivity index (χ0n) is 14.9. The van der Waals surface area contributed by atoms with Crippen LogP contribution >= 0.6 is 0 Å². The highest BCUT2D eigenvalue weighted by Crippen LogP contribution is 2.43. The van der Waals surface area contributed by atoms with Crippen molar-refractivity contribution in [3.63, 3.8) is 0 Å². The molecule has 130 valence electrons. The van der Waals surface area contributed by atoms with Crippen molar-refractivity contribution >= 4 is 16.9 Å². The molecule has 3 aromatic carbocycles. The maximum absolute atomic E-state index is 12.1. The van der Waals surface area contributed by atoms with Crippen molar-refractivity contribution in [2.45, 2.75) is 6.42 Å². The van der Waals surface area contributed by atoms with Crippen molar-refractivity contribution in [1.82, 2.24) is 4.98 Å². The Morgan fingerprint density at radius 1 is 0.963 bits per heavy atom. The normalized spacial score (nSPS) is 11.9. The van der Waals surface area contributed by atoms with Gasteiger partial charge >= 0.3 is 5.97 Å². The molecule has 0 spiro atoms. The Kier molecular flexibility index (Phi) is 3.54. The Balaban J connectivity index is 1.87. The van der Waals surface area contributed by atoms with Crippen LogP contribution in [-0.2, 0) is 11.2 Å². The highest BCUT2D eigenvalue weighted by molar-refractivity contribution is 6.04. The van der Waals surface area contributed by atoms with Crippen molar-refractivity contribution < 1.29 is 9.53 Å². The van der Waals surface area contributed by atoms with Crippen LogP contribution in [0.25, 0.3) is 33.3 Å². The van der Waals surface area contributed by atoms with Crippen molar-refractivity contribution in [3.05, 3.63) is 89.5 Å². The van der Waals surface area contributed by atoms with E-state index in [-0.39, 0.29) is 5.97 Å². The van der Waals surface area contributed by atoms with Gasteiger partial charge in [0.25, 0.3) is 0 Å². The number of pyridine rings is 1. The van der Waals surface area contributed by atoms with Gasteiger partial charge in [-0.1, -0.05) is 54.6 Å². The van der Waals surface area contributed by atoms with Gasteiger partial charge in [-0.15, -0.1) is 0 Å². The summed E-state index contributed by atoms with van der Waals surface area (Å²) in [5, 5.41) is 0.982. The van der Waals surface area contributed by atoms with E-state index in [2.05, 4.69) is 36.4 Å². The molecule has 3 nitrogen and oxygen atoms in total. The van der Waals surface area contributed by atoms with E-state index < -0.39 is 0 Å². The Hall–Kier alpha value is -3.46. The first kappa shape index (κ1) is 15.8. The lowest BCUT2D eigenvalue weighted by atomic mass is 9.93. The summed E-state index contributed by atoms with van der Waals surface area (Å²) in [6.45, 7) is 0. The quantitative estimate of drug-likeness (QED) is 0.407. The molecule has 4 aromatic rings. The van der Waals surface area contributed by atoms with Crippen LogP contribution in [-0.4, -0.2) is 18.1 Å². The SMILES string of the molecule is COC(=O)c1ccc2nc3c(c(-c4ccccc4)c2c1)Cc1ccccc1-3.